The highest BCUT2D eigenvalue weighted by atomic mass is 16.3. The van der Waals surface area contributed by atoms with Crippen LogP contribution in [-0.4, -0.2) is 50.6 Å². The number of phenols is 2. The Bertz CT molecular complexity index is 1110. The molecule has 0 aliphatic heterocycles. The van der Waals surface area contributed by atoms with Gasteiger partial charge in [-0.2, -0.15) is 4.80 Å². The van der Waals surface area contributed by atoms with Crippen molar-refractivity contribution >= 4 is 0 Å². The molecule has 0 radical (unpaired) electrons. The third-order valence-corrected chi connectivity index (χ3v) is 5.30. The second-order valence-electron chi connectivity index (χ2n) is 8.13. The Morgan fingerprint density at radius 1 is 0.676 bits per heavy atom. The van der Waals surface area contributed by atoms with Gasteiger partial charge in [0.1, 0.15) is 17.3 Å². The van der Waals surface area contributed by atoms with E-state index in [1.54, 1.807) is 29.1 Å². The van der Waals surface area contributed by atoms with Crippen molar-refractivity contribution in [3.63, 3.8) is 0 Å². The molecule has 0 bridgehead atoms. The summed E-state index contributed by atoms with van der Waals surface area (Å²) in [5.74, 6) is 2.20. The summed E-state index contributed by atoms with van der Waals surface area (Å²) in [5.41, 5.74) is 2.49. The highest BCUT2D eigenvalue weighted by Crippen LogP contribution is 2.13. The minimum absolute atomic E-state index is 0.316. The van der Waals surface area contributed by atoms with Crippen LogP contribution in [0.4, 0.5) is 0 Å². The minimum atomic E-state index is 0.316. The Labute approximate surface area is 199 Å². The molecule has 0 fully saturated rings. The molecule has 0 aliphatic rings. The molecular formula is C24H32N8O2. The number of tetrazole rings is 2. The highest BCUT2D eigenvalue weighted by Gasteiger charge is 2.00. The van der Waals surface area contributed by atoms with Gasteiger partial charge >= 0.3 is 0 Å². The van der Waals surface area contributed by atoms with Gasteiger partial charge in [-0.25, -0.2) is 4.68 Å². The molecule has 2 aromatic heterocycles. The van der Waals surface area contributed by atoms with Crippen molar-refractivity contribution in [2.24, 2.45) is 0 Å². The lowest BCUT2D eigenvalue weighted by molar-refractivity contribution is 0.474. The van der Waals surface area contributed by atoms with Crippen LogP contribution in [0.15, 0.2) is 48.5 Å². The number of phenolic OH excluding ortho intramolecular Hbond substituents is 2. The fourth-order valence-corrected chi connectivity index (χ4v) is 3.37. The zero-order chi connectivity index (χ0) is 24.2. The van der Waals surface area contributed by atoms with Crippen LogP contribution in [0, 0.1) is 13.8 Å². The van der Waals surface area contributed by atoms with Gasteiger partial charge in [0, 0.05) is 6.54 Å². The second-order valence-corrected chi connectivity index (χ2v) is 8.13. The minimum Gasteiger partial charge on any atom is -0.508 e. The first kappa shape index (κ1) is 24.8. The number of rotatable bonds is 10. The molecule has 0 amide bonds. The molecule has 10 heteroatoms. The maximum Gasteiger partial charge on any atom is 0.171 e. The maximum absolute atomic E-state index is 9.16. The summed E-state index contributed by atoms with van der Waals surface area (Å²) in [7, 11) is 0. The standard InChI is InChI=1S/2C12H16N4O/c1-10-13-14-15-16(10)9-3-2-4-11-5-7-12(17)8-6-11;1-10-13-15-16(14-10)9-3-2-4-11-5-7-12(17)8-6-11/h2*5-8,17H,2-4,9H2,1H3. The van der Waals surface area contributed by atoms with Crippen molar-refractivity contribution < 1.29 is 10.2 Å². The summed E-state index contributed by atoms with van der Waals surface area (Å²) >= 11 is 0. The van der Waals surface area contributed by atoms with Crippen LogP contribution >= 0.6 is 0 Å². The van der Waals surface area contributed by atoms with Crippen LogP contribution in [0.1, 0.15) is 48.5 Å². The zero-order valence-corrected chi connectivity index (χ0v) is 19.7. The molecule has 0 aliphatic carbocycles. The summed E-state index contributed by atoms with van der Waals surface area (Å²) in [6.45, 7) is 5.40. The SMILES string of the molecule is Cc1nnn(CCCCc2ccc(O)cc2)n1.Cc1nnnn1CCCCc1ccc(O)cc1. The van der Waals surface area contributed by atoms with Gasteiger partial charge in [0.25, 0.3) is 0 Å². The number of hydrogen-bond acceptors (Lipinski definition) is 8. The Balaban J connectivity index is 0.000000191. The van der Waals surface area contributed by atoms with Gasteiger partial charge in [0.05, 0.1) is 6.54 Å². The molecule has 10 nitrogen and oxygen atoms in total. The van der Waals surface area contributed by atoms with Crippen LogP contribution in [-0.2, 0) is 25.9 Å². The summed E-state index contributed by atoms with van der Waals surface area (Å²) < 4.78 is 1.82. The van der Waals surface area contributed by atoms with Crippen molar-refractivity contribution in [2.75, 3.05) is 0 Å². The van der Waals surface area contributed by atoms with E-state index in [0.717, 1.165) is 57.4 Å². The van der Waals surface area contributed by atoms with Crippen LogP contribution in [0.2, 0.25) is 0 Å². The van der Waals surface area contributed by atoms with Crippen LogP contribution < -0.4 is 0 Å². The Hall–Kier alpha value is -3.82. The zero-order valence-electron chi connectivity index (χ0n) is 19.7. The number of unbranched alkanes of at least 4 members (excludes halogenated alkanes) is 2. The summed E-state index contributed by atoms with van der Waals surface area (Å²) in [4.78, 5) is 1.63. The lowest BCUT2D eigenvalue weighted by Crippen LogP contribution is -2.03. The van der Waals surface area contributed by atoms with Crippen molar-refractivity contribution in [1.29, 1.82) is 0 Å². The molecule has 2 heterocycles. The van der Waals surface area contributed by atoms with E-state index in [2.05, 4.69) is 30.9 Å². The molecule has 0 unspecified atom stereocenters. The molecule has 0 saturated carbocycles. The fourth-order valence-electron chi connectivity index (χ4n) is 3.37. The Morgan fingerprint density at radius 3 is 1.71 bits per heavy atom. The number of nitrogens with zero attached hydrogens (tertiary/aromatic N) is 8. The molecule has 0 saturated heterocycles. The van der Waals surface area contributed by atoms with E-state index in [1.165, 1.54) is 11.1 Å². The van der Waals surface area contributed by atoms with Gasteiger partial charge in [0.2, 0.25) is 0 Å². The predicted octanol–water partition coefficient (Wildman–Crippen LogP) is 3.42. The molecule has 4 rings (SSSR count). The van der Waals surface area contributed by atoms with E-state index in [4.69, 9.17) is 10.2 Å². The smallest absolute Gasteiger partial charge is 0.171 e. The van der Waals surface area contributed by atoms with Gasteiger partial charge in [-0.15, -0.1) is 15.3 Å². The number of benzene rings is 2. The molecule has 0 spiro atoms. The average molecular weight is 465 g/mol. The average Bonchev–Trinajstić information content (AvgIpc) is 3.44. The van der Waals surface area contributed by atoms with Crippen molar-refractivity contribution in [2.45, 2.75) is 65.5 Å². The number of hydrogen-bond donors (Lipinski definition) is 2. The number of aromatic hydroxyl groups is 2. The lowest BCUT2D eigenvalue weighted by atomic mass is 10.1. The van der Waals surface area contributed by atoms with E-state index >= 15 is 0 Å². The van der Waals surface area contributed by atoms with Crippen molar-refractivity contribution in [1.82, 2.24) is 40.4 Å². The Kier molecular flexibility index (Phi) is 9.51. The summed E-state index contributed by atoms with van der Waals surface area (Å²) in [6.07, 6.45) is 6.26. The molecule has 34 heavy (non-hydrogen) atoms. The summed E-state index contributed by atoms with van der Waals surface area (Å²) in [6, 6.07) is 14.7. The fraction of sp³-hybridized carbons (Fsp3) is 0.417. The second kappa shape index (κ2) is 13.0. The van der Waals surface area contributed by atoms with Gasteiger partial charge in [0.15, 0.2) is 5.82 Å². The topological polar surface area (TPSA) is 128 Å². The van der Waals surface area contributed by atoms with Gasteiger partial charge in [-0.05, 0) is 103 Å². The number of aromatic nitrogens is 8. The third kappa shape index (κ3) is 8.61. The Morgan fingerprint density at radius 2 is 1.24 bits per heavy atom. The van der Waals surface area contributed by atoms with E-state index in [1.807, 2.05) is 42.8 Å². The van der Waals surface area contributed by atoms with Gasteiger partial charge in [-0.3, -0.25) is 0 Å². The van der Waals surface area contributed by atoms with Crippen molar-refractivity contribution in [3.05, 3.63) is 71.3 Å². The van der Waals surface area contributed by atoms with E-state index in [0.29, 0.717) is 17.3 Å². The third-order valence-electron chi connectivity index (χ3n) is 5.30. The number of aryl methyl sites for hydroxylation is 6. The van der Waals surface area contributed by atoms with Gasteiger partial charge < -0.3 is 10.2 Å². The van der Waals surface area contributed by atoms with E-state index in [-0.39, 0.29) is 0 Å². The normalized spacial score (nSPS) is 10.6. The summed E-state index contributed by atoms with van der Waals surface area (Å²) in [5, 5.41) is 41.5. The molecular weight excluding hydrogens is 432 g/mol. The molecule has 2 aromatic carbocycles. The largest absolute Gasteiger partial charge is 0.508 e. The first-order valence-electron chi connectivity index (χ1n) is 11.5. The van der Waals surface area contributed by atoms with Crippen molar-refractivity contribution in [3.8, 4) is 11.5 Å². The van der Waals surface area contributed by atoms with Crippen LogP contribution in [0.3, 0.4) is 0 Å². The van der Waals surface area contributed by atoms with Gasteiger partial charge in [-0.1, -0.05) is 24.3 Å². The van der Waals surface area contributed by atoms with Crippen LogP contribution in [0.25, 0.3) is 0 Å². The van der Waals surface area contributed by atoms with Crippen LogP contribution in [0.5, 0.6) is 11.5 Å². The first-order chi connectivity index (χ1) is 16.5. The highest BCUT2D eigenvalue weighted by molar-refractivity contribution is 5.26. The molecule has 2 N–H and O–H groups in total. The first-order valence-corrected chi connectivity index (χ1v) is 11.5. The monoisotopic (exact) mass is 464 g/mol. The predicted molar refractivity (Wildman–Crippen MR) is 127 cm³/mol. The quantitative estimate of drug-likeness (QED) is 0.342. The van der Waals surface area contributed by atoms with E-state index in [9.17, 15) is 0 Å². The maximum atomic E-state index is 9.16. The lowest BCUT2D eigenvalue weighted by Gasteiger charge is -2.03. The molecule has 4 aromatic rings. The van der Waals surface area contributed by atoms with E-state index < -0.39 is 0 Å². The molecule has 0 atom stereocenters. The molecule has 180 valence electrons.